The quantitative estimate of drug-likeness (QED) is 0.397. The van der Waals surface area contributed by atoms with Gasteiger partial charge in [-0.15, -0.1) is 11.3 Å². The summed E-state index contributed by atoms with van der Waals surface area (Å²) in [5.74, 6) is -0.717. The Morgan fingerprint density at radius 1 is 1.36 bits per heavy atom. The fraction of sp³-hybridized carbons (Fsp3) is 0.222. The molecule has 0 aliphatic heterocycles. The molecule has 0 bridgehead atoms. The predicted octanol–water partition coefficient (Wildman–Crippen LogP) is 3.20. The van der Waals surface area contributed by atoms with E-state index in [0.717, 1.165) is 28.8 Å². The Morgan fingerprint density at radius 3 is 2.71 bits per heavy atom. The molecule has 28 heavy (non-hydrogen) atoms. The van der Waals surface area contributed by atoms with Crippen molar-refractivity contribution in [1.29, 1.82) is 0 Å². The van der Waals surface area contributed by atoms with Crippen LogP contribution < -0.4 is 15.6 Å². The number of hydrogen-bond donors (Lipinski definition) is 3. The first-order valence-electron chi connectivity index (χ1n) is 8.34. The van der Waals surface area contributed by atoms with Gasteiger partial charge in [-0.05, 0) is 38.1 Å². The second-order valence-corrected chi connectivity index (χ2v) is 7.90. The summed E-state index contributed by atoms with van der Waals surface area (Å²) in [5, 5.41) is 13.1. The number of thiophene rings is 1. The fourth-order valence-electron chi connectivity index (χ4n) is 2.41. The van der Waals surface area contributed by atoms with E-state index in [1.165, 1.54) is 5.38 Å². The lowest BCUT2D eigenvalue weighted by atomic mass is 10.2. The summed E-state index contributed by atoms with van der Waals surface area (Å²) < 4.78 is 5.36. The van der Waals surface area contributed by atoms with Crippen molar-refractivity contribution >= 4 is 50.9 Å². The number of carboxylic acids is 1. The van der Waals surface area contributed by atoms with E-state index in [-0.39, 0.29) is 22.0 Å². The smallest absolute Gasteiger partial charge is 0.337 e. The van der Waals surface area contributed by atoms with Crippen molar-refractivity contribution in [2.75, 3.05) is 11.9 Å². The Hall–Kier alpha value is -2.85. The van der Waals surface area contributed by atoms with Crippen LogP contribution in [0.2, 0.25) is 0 Å². The molecule has 146 valence electrons. The number of ether oxygens (including phenoxy) is 1. The molecule has 8 nitrogen and oxygen atoms in total. The highest BCUT2D eigenvalue weighted by molar-refractivity contribution is 8.00. The van der Waals surface area contributed by atoms with Gasteiger partial charge in [0.1, 0.15) is 10.6 Å². The van der Waals surface area contributed by atoms with Gasteiger partial charge in [-0.3, -0.25) is 9.59 Å². The lowest BCUT2D eigenvalue weighted by Crippen LogP contribution is -2.23. The summed E-state index contributed by atoms with van der Waals surface area (Å²) >= 11 is 2.16. The van der Waals surface area contributed by atoms with E-state index in [1.54, 1.807) is 31.2 Å². The number of thioether (sulfide) groups is 1. The Balaban J connectivity index is 1.71. The van der Waals surface area contributed by atoms with Crippen molar-refractivity contribution in [2.45, 2.75) is 24.3 Å². The minimum Gasteiger partial charge on any atom is -0.494 e. The van der Waals surface area contributed by atoms with Crippen molar-refractivity contribution in [3.05, 3.63) is 45.6 Å². The zero-order chi connectivity index (χ0) is 20.3. The van der Waals surface area contributed by atoms with E-state index in [9.17, 15) is 14.4 Å². The van der Waals surface area contributed by atoms with E-state index < -0.39 is 16.8 Å². The van der Waals surface area contributed by atoms with Gasteiger partial charge < -0.3 is 20.1 Å². The van der Waals surface area contributed by atoms with Gasteiger partial charge >= 0.3 is 5.97 Å². The Bertz CT molecular complexity index is 1080. The summed E-state index contributed by atoms with van der Waals surface area (Å²) in [6, 6.07) is 7.01. The monoisotopic (exact) mass is 419 g/mol. The maximum atomic E-state index is 12.4. The molecule has 1 aromatic carbocycles. The number of hydrogen-bond acceptors (Lipinski definition) is 7. The van der Waals surface area contributed by atoms with Gasteiger partial charge in [-0.2, -0.15) is 0 Å². The largest absolute Gasteiger partial charge is 0.494 e. The molecule has 0 radical (unpaired) electrons. The summed E-state index contributed by atoms with van der Waals surface area (Å²) in [4.78, 5) is 43.0. The van der Waals surface area contributed by atoms with Gasteiger partial charge in [0.25, 0.3) is 5.56 Å². The van der Waals surface area contributed by atoms with Crippen molar-refractivity contribution in [1.82, 2.24) is 9.97 Å². The number of rotatable bonds is 7. The topological polar surface area (TPSA) is 121 Å². The van der Waals surface area contributed by atoms with E-state index in [4.69, 9.17) is 9.84 Å². The lowest BCUT2D eigenvalue weighted by molar-refractivity contribution is -0.115. The molecule has 0 saturated carbocycles. The van der Waals surface area contributed by atoms with Crippen LogP contribution in [0.1, 0.15) is 24.2 Å². The Labute approximate surface area is 168 Å². The lowest BCUT2D eigenvalue weighted by Gasteiger charge is -2.12. The first-order chi connectivity index (χ1) is 13.4. The molecule has 1 atom stereocenters. The summed E-state index contributed by atoms with van der Waals surface area (Å²) in [5.41, 5.74) is 0.0130. The second-order valence-electron chi connectivity index (χ2n) is 5.71. The first kappa shape index (κ1) is 19.9. The number of aromatic nitrogens is 2. The maximum absolute atomic E-state index is 12.4. The molecule has 2 aromatic heterocycles. The predicted molar refractivity (Wildman–Crippen MR) is 109 cm³/mol. The molecule has 0 aliphatic carbocycles. The van der Waals surface area contributed by atoms with Crippen LogP contribution in [0.3, 0.4) is 0 Å². The number of fused-ring (bicyclic) bond motifs is 1. The van der Waals surface area contributed by atoms with Crippen molar-refractivity contribution in [3.63, 3.8) is 0 Å². The van der Waals surface area contributed by atoms with Crippen LogP contribution in [0.25, 0.3) is 10.2 Å². The van der Waals surface area contributed by atoms with Crippen LogP contribution >= 0.6 is 23.1 Å². The van der Waals surface area contributed by atoms with Crippen LogP contribution in [-0.4, -0.2) is 38.8 Å². The third-order valence-corrected chi connectivity index (χ3v) is 5.60. The van der Waals surface area contributed by atoms with E-state index >= 15 is 0 Å². The molecule has 1 amide bonds. The summed E-state index contributed by atoms with van der Waals surface area (Å²) in [7, 11) is 0. The normalized spacial score (nSPS) is 11.9. The second kappa shape index (κ2) is 8.44. The van der Waals surface area contributed by atoms with Gasteiger partial charge in [0, 0.05) is 11.1 Å². The highest BCUT2D eigenvalue weighted by Crippen LogP contribution is 2.26. The number of anilines is 1. The Kier molecular flexibility index (Phi) is 6.00. The average molecular weight is 419 g/mol. The number of aromatic amines is 1. The standard InChI is InChI=1S/C18H17N3O5S2/c1-3-26-11-6-4-10(5-7-11)19-14(22)9(2)28-18-20-15(23)13-12(17(24)25)8-27-16(13)21-18/h4-9H,3H2,1-2H3,(H,19,22)(H,24,25)(H,20,21,23). The molecule has 1 unspecified atom stereocenters. The third kappa shape index (κ3) is 4.34. The number of amides is 1. The molecule has 3 rings (SSSR count). The molecule has 0 saturated heterocycles. The minimum atomic E-state index is -1.18. The SMILES string of the molecule is CCOc1ccc(NC(=O)C(C)Sc2nc3scc(C(=O)O)c3c(=O)[nH]2)cc1. The highest BCUT2D eigenvalue weighted by atomic mass is 32.2. The molecule has 0 fully saturated rings. The first-order valence-corrected chi connectivity index (χ1v) is 10.1. The van der Waals surface area contributed by atoms with Gasteiger partial charge in [0.05, 0.1) is 22.8 Å². The van der Waals surface area contributed by atoms with Crippen LogP contribution in [0.15, 0.2) is 39.6 Å². The highest BCUT2D eigenvalue weighted by Gasteiger charge is 2.20. The molecule has 0 aliphatic rings. The average Bonchev–Trinajstić information content (AvgIpc) is 3.08. The number of carbonyl (C=O) groups is 2. The van der Waals surface area contributed by atoms with Crippen LogP contribution in [-0.2, 0) is 4.79 Å². The zero-order valence-electron chi connectivity index (χ0n) is 15.0. The number of carboxylic acid groups (broad SMARTS) is 1. The van der Waals surface area contributed by atoms with Crippen molar-refractivity contribution in [3.8, 4) is 5.75 Å². The number of nitrogens with zero attached hydrogens (tertiary/aromatic N) is 1. The molecular weight excluding hydrogens is 402 g/mol. The molecule has 0 spiro atoms. The van der Waals surface area contributed by atoms with Gasteiger partial charge in [-0.1, -0.05) is 11.8 Å². The van der Waals surface area contributed by atoms with Crippen molar-refractivity contribution in [2.24, 2.45) is 0 Å². The van der Waals surface area contributed by atoms with E-state index in [1.807, 2.05) is 6.92 Å². The number of benzene rings is 1. The molecule has 3 N–H and O–H groups in total. The summed E-state index contributed by atoms with van der Waals surface area (Å²) in [6.45, 7) is 4.14. The van der Waals surface area contributed by atoms with Crippen LogP contribution in [0.5, 0.6) is 5.75 Å². The number of nitrogens with one attached hydrogen (secondary N) is 2. The number of carbonyl (C=O) groups excluding carboxylic acids is 1. The Morgan fingerprint density at radius 2 is 2.07 bits per heavy atom. The molecule has 3 aromatic rings. The summed E-state index contributed by atoms with van der Waals surface area (Å²) in [6.07, 6.45) is 0. The van der Waals surface area contributed by atoms with Crippen LogP contribution in [0.4, 0.5) is 5.69 Å². The van der Waals surface area contributed by atoms with Crippen molar-refractivity contribution < 1.29 is 19.4 Å². The van der Waals surface area contributed by atoms with E-state index in [2.05, 4.69) is 15.3 Å². The maximum Gasteiger partial charge on any atom is 0.337 e. The number of H-pyrrole nitrogens is 1. The third-order valence-electron chi connectivity index (χ3n) is 3.74. The molecule has 2 heterocycles. The minimum absolute atomic E-state index is 0.0494. The van der Waals surface area contributed by atoms with Gasteiger partial charge in [0.2, 0.25) is 5.91 Å². The van der Waals surface area contributed by atoms with E-state index in [0.29, 0.717) is 17.1 Å². The molecular formula is C18H17N3O5S2. The molecule has 10 heteroatoms. The van der Waals surface area contributed by atoms with Gasteiger partial charge in [-0.25, -0.2) is 9.78 Å². The number of aromatic carboxylic acids is 1. The fourth-order valence-corrected chi connectivity index (χ4v) is 4.18. The zero-order valence-corrected chi connectivity index (χ0v) is 16.6. The van der Waals surface area contributed by atoms with Crippen LogP contribution in [0, 0.1) is 0 Å². The van der Waals surface area contributed by atoms with Gasteiger partial charge in [0.15, 0.2) is 5.16 Å².